The van der Waals surface area contributed by atoms with E-state index in [2.05, 4.69) is 24.8 Å². The third-order valence-electron chi connectivity index (χ3n) is 5.28. The lowest BCUT2D eigenvalue weighted by Crippen LogP contribution is -2.36. The van der Waals surface area contributed by atoms with Crippen LogP contribution in [0.5, 0.6) is 11.5 Å². The first-order valence-corrected chi connectivity index (χ1v) is 11.5. The van der Waals surface area contributed by atoms with Crippen LogP contribution < -0.4 is 9.47 Å². The Morgan fingerprint density at radius 1 is 1.09 bits per heavy atom. The van der Waals surface area contributed by atoms with Gasteiger partial charge in [-0.15, -0.1) is 11.3 Å². The van der Waals surface area contributed by atoms with Gasteiger partial charge in [0.15, 0.2) is 0 Å². The van der Waals surface area contributed by atoms with Crippen LogP contribution in [0.25, 0.3) is 0 Å². The number of benzene rings is 2. The van der Waals surface area contributed by atoms with Gasteiger partial charge in [-0.05, 0) is 63.3 Å². The first-order chi connectivity index (χ1) is 15.4. The van der Waals surface area contributed by atoms with E-state index in [1.807, 2.05) is 54.7 Å². The van der Waals surface area contributed by atoms with Gasteiger partial charge in [-0.1, -0.05) is 18.2 Å². The van der Waals surface area contributed by atoms with Gasteiger partial charge < -0.3 is 19.3 Å². The molecule has 1 aromatic heterocycles. The van der Waals surface area contributed by atoms with Crippen molar-refractivity contribution in [1.82, 2.24) is 14.8 Å². The Balaban J connectivity index is 1.70. The molecular formula is C25H31N3O3S. The number of hydrogen-bond donors (Lipinski definition) is 0. The molecule has 0 radical (unpaired) electrons. The number of ether oxygens (including phenoxy) is 2. The van der Waals surface area contributed by atoms with Crippen molar-refractivity contribution in [3.8, 4) is 11.5 Å². The minimum Gasteiger partial charge on any atom is -0.497 e. The fraction of sp³-hybridized carbons (Fsp3) is 0.360. The molecule has 3 rings (SSSR count). The second-order valence-corrected chi connectivity index (χ2v) is 8.92. The summed E-state index contributed by atoms with van der Waals surface area (Å²) in [4.78, 5) is 21.8. The second kappa shape index (κ2) is 11.1. The summed E-state index contributed by atoms with van der Waals surface area (Å²) in [5, 5.41) is 2.89. The third-order valence-corrected chi connectivity index (χ3v) is 6.15. The molecule has 0 spiro atoms. The quantitative estimate of drug-likeness (QED) is 0.451. The number of carbonyl (C=O) groups excluding carboxylic acids is 1. The molecule has 0 unspecified atom stereocenters. The summed E-state index contributed by atoms with van der Waals surface area (Å²) in [6.45, 7) is 6.37. The minimum absolute atomic E-state index is 0.0352. The topological polar surface area (TPSA) is 54.9 Å². The van der Waals surface area contributed by atoms with Crippen LogP contribution in [-0.2, 0) is 13.2 Å². The summed E-state index contributed by atoms with van der Waals surface area (Å²) in [7, 11) is 5.60. The number of aromatic nitrogens is 1. The summed E-state index contributed by atoms with van der Waals surface area (Å²) >= 11 is 1.55. The number of nitrogens with zero attached hydrogens (tertiary/aromatic N) is 3. The van der Waals surface area contributed by atoms with Gasteiger partial charge in [0.1, 0.15) is 23.1 Å². The zero-order chi connectivity index (χ0) is 23.1. The van der Waals surface area contributed by atoms with Crippen LogP contribution >= 0.6 is 11.3 Å². The average Bonchev–Trinajstić information content (AvgIpc) is 3.24. The van der Waals surface area contributed by atoms with Crippen molar-refractivity contribution in [2.24, 2.45) is 0 Å². The summed E-state index contributed by atoms with van der Waals surface area (Å²) < 4.78 is 11.3. The number of thiazole rings is 1. The monoisotopic (exact) mass is 453 g/mol. The molecular weight excluding hydrogens is 422 g/mol. The number of carbonyl (C=O) groups is 1. The van der Waals surface area contributed by atoms with Gasteiger partial charge in [0.05, 0.1) is 19.3 Å². The number of aryl methyl sites for hydroxylation is 1. The van der Waals surface area contributed by atoms with Crippen molar-refractivity contribution in [2.75, 3.05) is 34.3 Å². The van der Waals surface area contributed by atoms with Crippen LogP contribution in [0.15, 0.2) is 47.8 Å². The fourth-order valence-electron chi connectivity index (χ4n) is 3.22. The van der Waals surface area contributed by atoms with Crippen molar-refractivity contribution >= 4 is 17.2 Å². The van der Waals surface area contributed by atoms with E-state index in [1.54, 1.807) is 24.5 Å². The van der Waals surface area contributed by atoms with E-state index in [9.17, 15) is 4.79 Å². The smallest absolute Gasteiger partial charge is 0.254 e. The molecule has 1 amide bonds. The van der Waals surface area contributed by atoms with Crippen LogP contribution in [-0.4, -0.2) is 55.0 Å². The van der Waals surface area contributed by atoms with Gasteiger partial charge in [-0.2, -0.15) is 0 Å². The Morgan fingerprint density at radius 3 is 2.62 bits per heavy atom. The fourth-order valence-corrected chi connectivity index (χ4v) is 3.91. The highest BCUT2D eigenvalue weighted by Crippen LogP contribution is 2.23. The molecule has 3 aromatic rings. The van der Waals surface area contributed by atoms with E-state index in [4.69, 9.17) is 14.5 Å². The maximum absolute atomic E-state index is 13.2. The minimum atomic E-state index is -0.0352. The number of likely N-dealkylation sites (N-methyl/N-ethyl adjacent to an activating group) is 1. The molecule has 0 aliphatic carbocycles. The highest BCUT2D eigenvalue weighted by atomic mass is 32.1. The van der Waals surface area contributed by atoms with Crippen LogP contribution in [0.3, 0.4) is 0 Å². The molecule has 7 heteroatoms. The van der Waals surface area contributed by atoms with E-state index in [-0.39, 0.29) is 5.91 Å². The lowest BCUT2D eigenvalue weighted by atomic mass is 10.1. The molecule has 0 atom stereocenters. The standard InChI is InChI=1S/C25H31N3O3S/c1-18-8-6-11-23(19(18)2)31-16-24-26-21(17-32-24)15-28(13-12-27(3)4)25(29)20-9-7-10-22(14-20)30-5/h6-11,14,17H,12-13,15-16H2,1-5H3. The van der Waals surface area contributed by atoms with Gasteiger partial charge in [0.25, 0.3) is 5.91 Å². The van der Waals surface area contributed by atoms with E-state index in [0.29, 0.717) is 31.0 Å². The van der Waals surface area contributed by atoms with Gasteiger partial charge in [0.2, 0.25) is 0 Å². The van der Waals surface area contributed by atoms with E-state index >= 15 is 0 Å². The van der Waals surface area contributed by atoms with Gasteiger partial charge in [-0.25, -0.2) is 4.98 Å². The molecule has 2 aromatic carbocycles. The Kier molecular flexibility index (Phi) is 8.25. The second-order valence-electron chi connectivity index (χ2n) is 7.98. The first-order valence-electron chi connectivity index (χ1n) is 10.6. The Hall–Kier alpha value is -2.90. The maximum Gasteiger partial charge on any atom is 0.254 e. The molecule has 32 heavy (non-hydrogen) atoms. The molecule has 0 aliphatic rings. The van der Waals surface area contributed by atoms with Gasteiger partial charge >= 0.3 is 0 Å². The third kappa shape index (κ3) is 6.31. The molecule has 1 heterocycles. The lowest BCUT2D eigenvalue weighted by Gasteiger charge is -2.24. The predicted molar refractivity (Wildman–Crippen MR) is 129 cm³/mol. The van der Waals surface area contributed by atoms with Crippen molar-refractivity contribution in [3.63, 3.8) is 0 Å². The summed E-state index contributed by atoms with van der Waals surface area (Å²) in [6, 6.07) is 13.3. The number of rotatable bonds is 10. The number of hydrogen-bond acceptors (Lipinski definition) is 6. The number of methoxy groups -OCH3 is 1. The van der Waals surface area contributed by atoms with Crippen LogP contribution in [0, 0.1) is 13.8 Å². The molecule has 0 fully saturated rings. The zero-order valence-electron chi connectivity index (χ0n) is 19.4. The summed E-state index contributed by atoms with van der Waals surface area (Å²) in [6.07, 6.45) is 0. The van der Waals surface area contributed by atoms with E-state index in [1.165, 1.54) is 5.56 Å². The normalized spacial score (nSPS) is 10.9. The van der Waals surface area contributed by atoms with E-state index < -0.39 is 0 Å². The van der Waals surface area contributed by atoms with Crippen molar-refractivity contribution in [2.45, 2.75) is 27.0 Å². The highest BCUT2D eigenvalue weighted by Gasteiger charge is 2.18. The van der Waals surface area contributed by atoms with E-state index in [0.717, 1.165) is 28.6 Å². The maximum atomic E-state index is 13.2. The van der Waals surface area contributed by atoms with Crippen molar-refractivity contribution in [3.05, 3.63) is 75.2 Å². The Bertz CT molecular complexity index is 1050. The van der Waals surface area contributed by atoms with Crippen molar-refractivity contribution < 1.29 is 14.3 Å². The van der Waals surface area contributed by atoms with Crippen LogP contribution in [0.4, 0.5) is 0 Å². The summed E-state index contributed by atoms with van der Waals surface area (Å²) in [5.74, 6) is 1.51. The molecule has 170 valence electrons. The lowest BCUT2D eigenvalue weighted by molar-refractivity contribution is 0.0729. The predicted octanol–water partition coefficient (Wildman–Crippen LogP) is 4.55. The molecule has 0 saturated carbocycles. The Labute approximate surface area is 194 Å². The van der Waals surface area contributed by atoms with Crippen LogP contribution in [0.1, 0.15) is 32.2 Å². The van der Waals surface area contributed by atoms with Gasteiger partial charge in [0, 0.05) is 24.0 Å². The first kappa shape index (κ1) is 23.8. The Morgan fingerprint density at radius 2 is 1.88 bits per heavy atom. The molecule has 0 bridgehead atoms. The molecule has 0 saturated heterocycles. The molecule has 0 aliphatic heterocycles. The number of amides is 1. The molecule has 0 N–H and O–H groups in total. The van der Waals surface area contributed by atoms with Gasteiger partial charge in [-0.3, -0.25) is 4.79 Å². The average molecular weight is 454 g/mol. The largest absolute Gasteiger partial charge is 0.497 e. The zero-order valence-corrected chi connectivity index (χ0v) is 20.2. The summed E-state index contributed by atoms with van der Waals surface area (Å²) in [5.41, 5.74) is 3.82. The van der Waals surface area contributed by atoms with Crippen molar-refractivity contribution in [1.29, 1.82) is 0 Å². The SMILES string of the molecule is COc1cccc(C(=O)N(CCN(C)C)Cc2csc(COc3cccc(C)c3C)n2)c1. The highest BCUT2D eigenvalue weighted by molar-refractivity contribution is 7.09. The molecule has 6 nitrogen and oxygen atoms in total. The van der Waals surface area contributed by atoms with Crippen LogP contribution in [0.2, 0.25) is 0 Å².